The van der Waals surface area contributed by atoms with Crippen LogP contribution >= 0.6 is 0 Å². The summed E-state index contributed by atoms with van der Waals surface area (Å²) in [5.41, 5.74) is 4.58. The molecule has 142 valence electrons. The summed E-state index contributed by atoms with van der Waals surface area (Å²) in [5.74, 6) is 0.834. The van der Waals surface area contributed by atoms with Gasteiger partial charge in [-0.15, -0.1) is 0 Å². The summed E-state index contributed by atoms with van der Waals surface area (Å²) in [6.45, 7) is 2.00. The molecule has 6 nitrogen and oxygen atoms in total. The number of carbonyl (C=O) groups excluding carboxylic acids is 1. The first-order chi connectivity index (χ1) is 13.7. The Bertz CT molecular complexity index is 1030. The van der Waals surface area contributed by atoms with Gasteiger partial charge in [-0.1, -0.05) is 13.0 Å². The van der Waals surface area contributed by atoms with Crippen LogP contribution in [0.1, 0.15) is 43.4 Å². The number of amides is 1. The number of ether oxygens (including phenoxy) is 1. The van der Waals surface area contributed by atoms with E-state index >= 15 is 0 Å². The summed E-state index contributed by atoms with van der Waals surface area (Å²) < 4.78 is 5.24. The molecule has 0 saturated heterocycles. The summed E-state index contributed by atoms with van der Waals surface area (Å²) in [6.07, 6.45) is 5.29. The van der Waals surface area contributed by atoms with Crippen molar-refractivity contribution < 1.29 is 9.53 Å². The molecule has 1 aromatic heterocycles. The summed E-state index contributed by atoms with van der Waals surface area (Å²) in [7, 11) is 1.64. The average Bonchev–Trinajstić information content (AvgIpc) is 3.19. The summed E-state index contributed by atoms with van der Waals surface area (Å²) in [5, 5.41) is 6.33. The molecule has 0 N–H and O–H groups in total. The van der Waals surface area contributed by atoms with E-state index in [0.717, 1.165) is 40.0 Å². The molecule has 28 heavy (non-hydrogen) atoms. The quantitative estimate of drug-likeness (QED) is 0.674. The van der Waals surface area contributed by atoms with Gasteiger partial charge in [0.15, 0.2) is 0 Å². The van der Waals surface area contributed by atoms with Crippen molar-refractivity contribution >= 4 is 22.7 Å². The molecule has 4 rings (SSSR count). The van der Waals surface area contributed by atoms with Gasteiger partial charge in [0.1, 0.15) is 5.75 Å². The van der Waals surface area contributed by atoms with E-state index in [1.165, 1.54) is 0 Å². The van der Waals surface area contributed by atoms with Crippen LogP contribution in [0, 0.1) is 0 Å². The maximum Gasteiger partial charge on any atom is 0.243 e. The molecular formula is C22H22N4O2. The van der Waals surface area contributed by atoms with E-state index < -0.39 is 0 Å². The van der Waals surface area contributed by atoms with Crippen molar-refractivity contribution in [3.05, 3.63) is 66.0 Å². The number of hydrazone groups is 1. The van der Waals surface area contributed by atoms with Gasteiger partial charge in [0, 0.05) is 25.2 Å². The van der Waals surface area contributed by atoms with Gasteiger partial charge in [0.25, 0.3) is 0 Å². The first-order valence-electron chi connectivity index (χ1n) is 9.44. The number of fused-ring (bicyclic) bond motifs is 1. The maximum absolute atomic E-state index is 12.7. The highest BCUT2D eigenvalue weighted by Gasteiger charge is 2.32. The Hall–Kier alpha value is -3.28. The molecule has 2 aromatic carbocycles. The van der Waals surface area contributed by atoms with Gasteiger partial charge in [-0.2, -0.15) is 5.10 Å². The van der Waals surface area contributed by atoms with E-state index in [1.807, 2.05) is 49.4 Å². The molecule has 0 spiro atoms. The van der Waals surface area contributed by atoms with E-state index in [4.69, 9.17) is 9.84 Å². The molecule has 1 unspecified atom stereocenters. The fourth-order valence-corrected chi connectivity index (χ4v) is 3.47. The first-order valence-corrected chi connectivity index (χ1v) is 9.44. The van der Waals surface area contributed by atoms with E-state index in [1.54, 1.807) is 24.5 Å². The second-order valence-electron chi connectivity index (χ2n) is 6.79. The summed E-state index contributed by atoms with van der Waals surface area (Å²) >= 11 is 0. The Morgan fingerprint density at radius 3 is 2.57 bits per heavy atom. The predicted molar refractivity (Wildman–Crippen MR) is 108 cm³/mol. The van der Waals surface area contributed by atoms with Crippen LogP contribution in [0.2, 0.25) is 0 Å². The molecule has 0 radical (unpaired) electrons. The van der Waals surface area contributed by atoms with Crippen LogP contribution in [0.4, 0.5) is 0 Å². The van der Waals surface area contributed by atoms with Crippen LogP contribution in [-0.2, 0) is 4.79 Å². The molecule has 0 saturated carbocycles. The van der Waals surface area contributed by atoms with Crippen molar-refractivity contribution in [3.8, 4) is 5.75 Å². The highest BCUT2D eigenvalue weighted by Crippen LogP contribution is 2.34. The van der Waals surface area contributed by atoms with Crippen LogP contribution in [0.15, 0.2) is 60.0 Å². The van der Waals surface area contributed by atoms with Crippen LogP contribution in [-0.4, -0.2) is 33.7 Å². The standard InChI is InChI=1S/C22H22N4O2/c1-3-4-22(27)26-21(16-7-10-18-20(13-16)24-12-11-23-18)14-19(25-26)15-5-8-17(28-2)9-6-15/h5-13,21H,3-4,14H2,1-2H3. The minimum atomic E-state index is -0.137. The zero-order valence-electron chi connectivity index (χ0n) is 16.0. The van der Waals surface area contributed by atoms with Crippen molar-refractivity contribution in [2.75, 3.05) is 7.11 Å². The van der Waals surface area contributed by atoms with E-state index in [9.17, 15) is 4.79 Å². The van der Waals surface area contributed by atoms with Gasteiger partial charge in [-0.25, -0.2) is 5.01 Å². The van der Waals surface area contributed by atoms with Crippen molar-refractivity contribution in [2.45, 2.75) is 32.2 Å². The molecular weight excluding hydrogens is 352 g/mol. The lowest BCUT2D eigenvalue weighted by atomic mass is 9.97. The first kappa shape index (κ1) is 18.1. The highest BCUT2D eigenvalue weighted by molar-refractivity contribution is 6.03. The SMILES string of the molecule is CCCC(=O)N1N=C(c2ccc(OC)cc2)CC1c1ccc2nccnc2c1. The van der Waals surface area contributed by atoms with Gasteiger partial charge in [0.2, 0.25) is 5.91 Å². The molecule has 1 amide bonds. The Kier molecular flexibility index (Phi) is 5.02. The smallest absolute Gasteiger partial charge is 0.243 e. The summed E-state index contributed by atoms with van der Waals surface area (Å²) in [4.78, 5) is 21.5. The zero-order valence-corrected chi connectivity index (χ0v) is 16.0. The largest absolute Gasteiger partial charge is 0.497 e. The monoisotopic (exact) mass is 374 g/mol. The highest BCUT2D eigenvalue weighted by atomic mass is 16.5. The van der Waals surface area contributed by atoms with Gasteiger partial charge >= 0.3 is 0 Å². The summed E-state index contributed by atoms with van der Waals surface area (Å²) in [6, 6.07) is 13.6. The van der Waals surface area contributed by atoms with Crippen LogP contribution in [0.3, 0.4) is 0 Å². The van der Waals surface area contributed by atoms with Crippen LogP contribution in [0.5, 0.6) is 5.75 Å². The number of methoxy groups -OCH3 is 1. The molecule has 1 atom stereocenters. The van der Waals surface area contributed by atoms with Crippen LogP contribution < -0.4 is 4.74 Å². The third-order valence-electron chi connectivity index (χ3n) is 4.93. The lowest BCUT2D eigenvalue weighted by molar-refractivity contribution is -0.133. The maximum atomic E-state index is 12.7. The topological polar surface area (TPSA) is 67.7 Å². The normalized spacial score (nSPS) is 16.3. The van der Waals surface area contributed by atoms with Crippen molar-refractivity contribution in [2.24, 2.45) is 5.10 Å². The second-order valence-corrected chi connectivity index (χ2v) is 6.79. The van der Waals surface area contributed by atoms with Gasteiger partial charge in [0.05, 0.1) is 29.9 Å². The molecule has 1 aliphatic heterocycles. The molecule has 0 aliphatic carbocycles. The van der Waals surface area contributed by atoms with Gasteiger partial charge < -0.3 is 4.74 Å². The number of hydrogen-bond donors (Lipinski definition) is 0. The van der Waals surface area contributed by atoms with Gasteiger partial charge in [-0.05, 0) is 53.9 Å². The minimum Gasteiger partial charge on any atom is -0.497 e. The number of hydrogen-bond acceptors (Lipinski definition) is 5. The lowest BCUT2D eigenvalue weighted by Crippen LogP contribution is -2.26. The molecule has 0 fully saturated rings. The Labute approximate surface area is 163 Å². The van der Waals surface area contributed by atoms with Crippen molar-refractivity contribution in [1.29, 1.82) is 0 Å². The zero-order chi connectivity index (χ0) is 19.5. The Morgan fingerprint density at radius 2 is 1.86 bits per heavy atom. The predicted octanol–water partition coefficient (Wildman–Crippen LogP) is 4.12. The number of benzene rings is 2. The fourth-order valence-electron chi connectivity index (χ4n) is 3.47. The third-order valence-corrected chi connectivity index (χ3v) is 4.93. The fraction of sp³-hybridized carbons (Fsp3) is 0.273. The lowest BCUT2D eigenvalue weighted by Gasteiger charge is -2.22. The number of aromatic nitrogens is 2. The molecule has 2 heterocycles. The van der Waals surface area contributed by atoms with E-state index in [-0.39, 0.29) is 11.9 Å². The molecule has 3 aromatic rings. The Balaban J connectivity index is 1.69. The molecule has 0 bridgehead atoms. The minimum absolute atomic E-state index is 0.0373. The third kappa shape index (κ3) is 3.45. The number of carbonyl (C=O) groups is 1. The van der Waals surface area contributed by atoms with E-state index in [0.29, 0.717) is 12.8 Å². The molecule has 6 heteroatoms. The second kappa shape index (κ2) is 7.76. The van der Waals surface area contributed by atoms with Crippen molar-refractivity contribution in [1.82, 2.24) is 15.0 Å². The van der Waals surface area contributed by atoms with Crippen LogP contribution in [0.25, 0.3) is 11.0 Å². The van der Waals surface area contributed by atoms with E-state index in [2.05, 4.69) is 9.97 Å². The van der Waals surface area contributed by atoms with Crippen molar-refractivity contribution in [3.63, 3.8) is 0 Å². The van der Waals surface area contributed by atoms with Gasteiger partial charge in [-0.3, -0.25) is 14.8 Å². The average molecular weight is 374 g/mol. The Morgan fingerprint density at radius 1 is 1.11 bits per heavy atom. The number of nitrogens with zero attached hydrogens (tertiary/aromatic N) is 4. The molecule has 1 aliphatic rings. The number of rotatable bonds is 5.